The summed E-state index contributed by atoms with van der Waals surface area (Å²) >= 11 is 0. The van der Waals surface area contributed by atoms with Crippen LogP contribution in [0.25, 0.3) is 0 Å². The van der Waals surface area contributed by atoms with Crippen LogP contribution < -0.4 is 0 Å². The molecule has 0 aliphatic carbocycles. The van der Waals surface area contributed by atoms with Gasteiger partial charge in [0.2, 0.25) is 0 Å². The Bertz CT molecular complexity index is 123. The van der Waals surface area contributed by atoms with Gasteiger partial charge in [-0.05, 0) is 17.3 Å². The Morgan fingerprint density at radius 2 is 1.11 bits per heavy atom. The molecular formula is C18H42. The van der Waals surface area contributed by atoms with E-state index in [1.807, 2.05) is 0 Å². The van der Waals surface area contributed by atoms with Gasteiger partial charge in [-0.15, -0.1) is 0 Å². The third-order valence-corrected chi connectivity index (χ3v) is 3.32. The van der Waals surface area contributed by atoms with Crippen LogP contribution in [0.4, 0.5) is 0 Å². The first-order valence-corrected chi connectivity index (χ1v) is 8.14. The molecule has 0 radical (unpaired) electrons. The standard InChI is InChI=1S/3C6H14/c1-5-6(2,3)4;1-4-5-6(2)3;1-4-6(3)5-2/h5H2,1-4H3;2*6H,4-5H2,1-3H3. The van der Waals surface area contributed by atoms with Crippen molar-refractivity contribution in [3.8, 4) is 0 Å². The predicted molar refractivity (Wildman–Crippen MR) is 89.2 cm³/mol. The zero-order valence-corrected chi connectivity index (χ0v) is 15.2. The van der Waals surface area contributed by atoms with Gasteiger partial charge in [0.05, 0.1) is 0 Å². The van der Waals surface area contributed by atoms with E-state index in [0.29, 0.717) is 5.41 Å². The number of hydrogen-bond donors (Lipinski definition) is 0. The first-order chi connectivity index (χ1) is 8.14. The zero-order chi connectivity index (χ0) is 15.2. The van der Waals surface area contributed by atoms with Crippen molar-refractivity contribution in [3.05, 3.63) is 0 Å². The van der Waals surface area contributed by atoms with Gasteiger partial charge >= 0.3 is 0 Å². The predicted octanol–water partition coefficient (Wildman–Crippen LogP) is 7.33. The average Bonchev–Trinajstić information content (AvgIpc) is 2.28. The summed E-state index contributed by atoms with van der Waals surface area (Å²) in [7, 11) is 0. The fraction of sp³-hybridized carbons (Fsp3) is 1.00. The van der Waals surface area contributed by atoms with Gasteiger partial charge in [0.25, 0.3) is 0 Å². The SMILES string of the molecule is CCC(C)(C)C.CCC(C)CC.CCCC(C)C. The van der Waals surface area contributed by atoms with Gasteiger partial charge in [-0.25, -0.2) is 0 Å². The van der Waals surface area contributed by atoms with Gasteiger partial charge in [-0.1, -0.05) is 101 Å². The van der Waals surface area contributed by atoms with Crippen molar-refractivity contribution >= 4 is 0 Å². The molecule has 0 aromatic rings. The average molecular weight is 259 g/mol. The van der Waals surface area contributed by atoms with Gasteiger partial charge in [-0.3, -0.25) is 0 Å². The Balaban J connectivity index is -0.000000187. The lowest BCUT2D eigenvalue weighted by Gasteiger charge is -2.12. The second kappa shape index (κ2) is 15.1. The molecular weight excluding hydrogens is 216 g/mol. The normalized spacial score (nSPS) is 10.7. The van der Waals surface area contributed by atoms with E-state index in [-0.39, 0.29) is 0 Å². The van der Waals surface area contributed by atoms with Crippen LogP contribution in [0.5, 0.6) is 0 Å². The van der Waals surface area contributed by atoms with Crippen LogP contribution in [0.2, 0.25) is 0 Å². The van der Waals surface area contributed by atoms with Crippen LogP contribution in [0.1, 0.15) is 101 Å². The minimum Gasteiger partial charge on any atom is -0.0654 e. The summed E-state index contributed by atoms with van der Waals surface area (Å²) < 4.78 is 0. The van der Waals surface area contributed by atoms with Crippen LogP contribution in [0, 0.1) is 17.3 Å². The van der Waals surface area contributed by atoms with E-state index in [2.05, 4.69) is 69.2 Å². The molecule has 0 aliphatic rings. The third-order valence-electron chi connectivity index (χ3n) is 3.32. The van der Waals surface area contributed by atoms with Crippen LogP contribution in [-0.2, 0) is 0 Å². The Morgan fingerprint density at radius 3 is 1.11 bits per heavy atom. The van der Waals surface area contributed by atoms with E-state index < -0.39 is 0 Å². The summed E-state index contributed by atoms with van der Waals surface area (Å²) in [6, 6.07) is 0. The topological polar surface area (TPSA) is 0 Å². The lowest BCUT2D eigenvalue weighted by Crippen LogP contribution is -2.00. The maximum atomic E-state index is 2.28. The first-order valence-electron chi connectivity index (χ1n) is 8.14. The number of rotatable bonds is 4. The lowest BCUT2D eigenvalue weighted by atomic mass is 9.94. The Hall–Kier alpha value is 0. The van der Waals surface area contributed by atoms with Gasteiger partial charge in [0, 0.05) is 0 Å². The van der Waals surface area contributed by atoms with E-state index in [4.69, 9.17) is 0 Å². The summed E-state index contributed by atoms with van der Waals surface area (Å²) in [5.74, 6) is 1.83. The van der Waals surface area contributed by atoms with Crippen LogP contribution in [0.3, 0.4) is 0 Å². The minimum absolute atomic E-state index is 0.542. The van der Waals surface area contributed by atoms with Gasteiger partial charge in [0.15, 0.2) is 0 Å². The molecule has 0 N–H and O–H groups in total. The largest absolute Gasteiger partial charge is 0.0654 e. The summed E-state index contributed by atoms with van der Waals surface area (Å²) in [4.78, 5) is 0. The van der Waals surface area contributed by atoms with Crippen molar-refractivity contribution < 1.29 is 0 Å². The maximum absolute atomic E-state index is 2.28. The van der Waals surface area contributed by atoms with Crippen molar-refractivity contribution in [3.63, 3.8) is 0 Å². The molecule has 0 aromatic carbocycles. The quantitative estimate of drug-likeness (QED) is 0.495. The van der Waals surface area contributed by atoms with Crippen LogP contribution in [0.15, 0.2) is 0 Å². The fourth-order valence-corrected chi connectivity index (χ4v) is 0.866. The van der Waals surface area contributed by atoms with Crippen LogP contribution >= 0.6 is 0 Å². The van der Waals surface area contributed by atoms with E-state index in [0.717, 1.165) is 11.8 Å². The highest BCUT2D eigenvalue weighted by Crippen LogP contribution is 2.16. The highest BCUT2D eigenvalue weighted by Gasteiger charge is 2.03. The van der Waals surface area contributed by atoms with Gasteiger partial charge in [0.1, 0.15) is 0 Å². The Labute approximate surface area is 119 Å². The molecule has 0 rings (SSSR count). The van der Waals surface area contributed by atoms with Crippen molar-refractivity contribution in [2.24, 2.45) is 17.3 Å². The third kappa shape index (κ3) is 36.0. The summed E-state index contributed by atoms with van der Waals surface area (Å²) in [5.41, 5.74) is 0.542. The Morgan fingerprint density at radius 1 is 0.778 bits per heavy atom. The molecule has 114 valence electrons. The van der Waals surface area contributed by atoms with E-state index in [1.54, 1.807) is 0 Å². The second-order valence-corrected chi connectivity index (χ2v) is 7.02. The van der Waals surface area contributed by atoms with Gasteiger partial charge in [-0.2, -0.15) is 0 Å². The molecule has 18 heavy (non-hydrogen) atoms. The molecule has 0 saturated heterocycles. The van der Waals surface area contributed by atoms with E-state index in [1.165, 1.54) is 32.1 Å². The molecule has 0 saturated carbocycles. The van der Waals surface area contributed by atoms with E-state index >= 15 is 0 Å². The fourth-order valence-electron chi connectivity index (χ4n) is 0.866. The van der Waals surface area contributed by atoms with Gasteiger partial charge < -0.3 is 0 Å². The molecule has 0 aromatic heterocycles. The zero-order valence-electron chi connectivity index (χ0n) is 15.2. The lowest BCUT2D eigenvalue weighted by molar-refractivity contribution is 0.398. The summed E-state index contributed by atoms with van der Waals surface area (Å²) in [6.07, 6.45) is 6.64. The molecule has 0 atom stereocenters. The highest BCUT2D eigenvalue weighted by molar-refractivity contribution is 4.55. The summed E-state index contributed by atoms with van der Waals surface area (Å²) in [6.45, 7) is 22.4. The Kier molecular flexibility index (Phi) is 19.3. The molecule has 0 spiro atoms. The molecule has 0 nitrogen and oxygen atoms in total. The first kappa shape index (κ1) is 23.1. The monoisotopic (exact) mass is 258 g/mol. The van der Waals surface area contributed by atoms with Crippen LogP contribution in [-0.4, -0.2) is 0 Å². The molecule has 0 heteroatoms. The highest BCUT2D eigenvalue weighted by atomic mass is 14.1. The molecule has 0 aliphatic heterocycles. The second-order valence-electron chi connectivity index (χ2n) is 7.02. The maximum Gasteiger partial charge on any atom is -0.0385 e. The van der Waals surface area contributed by atoms with E-state index in [9.17, 15) is 0 Å². The molecule has 0 fully saturated rings. The van der Waals surface area contributed by atoms with Crippen molar-refractivity contribution in [1.29, 1.82) is 0 Å². The molecule has 0 heterocycles. The molecule has 0 amide bonds. The number of hydrogen-bond acceptors (Lipinski definition) is 0. The van der Waals surface area contributed by atoms with Crippen molar-refractivity contribution in [2.75, 3.05) is 0 Å². The van der Waals surface area contributed by atoms with Crippen molar-refractivity contribution in [1.82, 2.24) is 0 Å². The smallest absolute Gasteiger partial charge is 0.0385 e. The summed E-state index contributed by atoms with van der Waals surface area (Å²) in [5, 5.41) is 0. The van der Waals surface area contributed by atoms with Crippen molar-refractivity contribution in [2.45, 2.75) is 101 Å². The minimum atomic E-state index is 0.542. The molecule has 0 bridgehead atoms. The molecule has 0 unspecified atom stereocenters.